The van der Waals surface area contributed by atoms with Gasteiger partial charge in [0.15, 0.2) is 0 Å². The number of carbonyl (C=O) groups excluding carboxylic acids is 3. The largest absolute Gasteiger partial charge is 0.492 e. The molecule has 8 heteroatoms. The lowest BCUT2D eigenvalue weighted by Gasteiger charge is -2.22. The first kappa shape index (κ1) is 29.5. The molecule has 2 aromatic carbocycles. The molecule has 2 fully saturated rings. The third-order valence-electron chi connectivity index (χ3n) is 8.56. The minimum Gasteiger partial charge on any atom is -0.492 e. The van der Waals surface area contributed by atoms with E-state index >= 15 is 0 Å². The van der Waals surface area contributed by atoms with Gasteiger partial charge in [0.2, 0.25) is 5.91 Å². The van der Waals surface area contributed by atoms with E-state index in [2.05, 4.69) is 10.3 Å². The van der Waals surface area contributed by atoms with Crippen LogP contribution in [0.4, 0.5) is 0 Å². The van der Waals surface area contributed by atoms with Crippen LogP contribution in [0.25, 0.3) is 10.9 Å². The Hall–Kier alpha value is -3.94. The highest BCUT2D eigenvalue weighted by Crippen LogP contribution is 2.36. The number of fused-ring (bicyclic) bond motifs is 2. The summed E-state index contributed by atoms with van der Waals surface area (Å²) in [4.78, 5) is 45.1. The zero-order valence-corrected chi connectivity index (χ0v) is 24.6. The highest BCUT2D eigenvalue weighted by Gasteiger charge is 2.37. The topological polar surface area (TPSA) is 97.8 Å². The van der Waals surface area contributed by atoms with E-state index in [-0.39, 0.29) is 30.8 Å². The fourth-order valence-corrected chi connectivity index (χ4v) is 6.32. The summed E-state index contributed by atoms with van der Waals surface area (Å²) in [6, 6.07) is 17.2. The number of nitrogens with zero attached hydrogens (tertiary/aromatic N) is 2. The van der Waals surface area contributed by atoms with E-state index in [1.54, 1.807) is 6.92 Å². The number of ether oxygens (including phenoxy) is 2. The Bertz CT molecular complexity index is 1390. The monoisotopic (exact) mass is 571 g/mol. The van der Waals surface area contributed by atoms with Crippen molar-refractivity contribution in [3.05, 3.63) is 71.4 Å². The minimum atomic E-state index is -0.519. The summed E-state index contributed by atoms with van der Waals surface area (Å²) < 4.78 is 11.2. The highest BCUT2D eigenvalue weighted by atomic mass is 16.5. The number of pyridine rings is 1. The van der Waals surface area contributed by atoms with Gasteiger partial charge in [-0.05, 0) is 80.3 Å². The van der Waals surface area contributed by atoms with E-state index in [0.717, 1.165) is 35.1 Å². The van der Waals surface area contributed by atoms with Gasteiger partial charge in [0.25, 0.3) is 5.91 Å². The fraction of sp³-hybridized carbons (Fsp3) is 0.471. The number of aromatic nitrogens is 1. The average Bonchev–Trinajstić information content (AvgIpc) is 3.44. The van der Waals surface area contributed by atoms with Crippen LogP contribution < -0.4 is 10.1 Å². The molecule has 3 unspecified atom stereocenters. The Balaban J connectivity index is 1.11. The molecule has 2 amide bonds. The summed E-state index contributed by atoms with van der Waals surface area (Å²) in [6.45, 7) is 6.24. The molecule has 1 saturated carbocycles. The van der Waals surface area contributed by atoms with Gasteiger partial charge in [-0.1, -0.05) is 43.2 Å². The van der Waals surface area contributed by atoms with E-state index in [1.807, 2.05) is 66.4 Å². The van der Waals surface area contributed by atoms with Crippen molar-refractivity contribution >= 4 is 28.7 Å². The molecule has 1 N–H and O–H groups in total. The molecule has 5 rings (SSSR count). The molecule has 3 atom stereocenters. The number of nitrogens with one attached hydrogen (secondary N) is 1. The summed E-state index contributed by atoms with van der Waals surface area (Å²) in [6.07, 6.45) is 5.52. The second-order valence-electron chi connectivity index (χ2n) is 11.6. The quantitative estimate of drug-likeness (QED) is 0.254. The molecule has 1 aliphatic heterocycles. The lowest BCUT2D eigenvalue weighted by atomic mass is 9.82. The zero-order chi connectivity index (χ0) is 29.5. The van der Waals surface area contributed by atoms with Crippen LogP contribution in [0.2, 0.25) is 0 Å². The van der Waals surface area contributed by atoms with Crippen molar-refractivity contribution in [2.24, 2.45) is 17.8 Å². The number of hydrogen-bond acceptors (Lipinski definition) is 6. The maximum Gasteiger partial charge on any atom is 0.309 e. The molecule has 1 aromatic heterocycles. The lowest BCUT2D eigenvalue weighted by Crippen LogP contribution is -2.33. The number of amides is 2. The van der Waals surface area contributed by atoms with Crippen molar-refractivity contribution < 1.29 is 23.9 Å². The van der Waals surface area contributed by atoms with Gasteiger partial charge in [0, 0.05) is 24.9 Å². The van der Waals surface area contributed by atoms with Gasteiger partial charge in [0.05, 0.1) is 24.6 Å². The van der Waals surface area contributed by atoms with Crippen LogP contribution >= 0.6 is 0 Å². The summed E-state index contributed by atoms with van der Waals surface area (Å²) >= 11 is 0. The number of esters is 1. The Labute approximate surface area is 247 Å². The van der Waals surface area contributed by atoms with Gasteiger partial charge in [-0.25, -0.2) is 4.98 Å². The van der Waals surface area contributed by atoms with Crippen molar-refractivity contribution in [1.82, 2.24) is 15.2 Å². The van der Waals surface area contributed by atoms with Crippen molar-refractivity contribution in [1.29, 1.82) is 0 Å². The Morgan fingerprint density at radius 2 is 1.74 bits per heavy atom. The Kier molecular flexibility index (Phi) is 9.72. The summed E-state index contributed by atoms with van der Waals surface area (Å²) in [5, 5.41) is 3.88. The third kappa shape index (κ3) is 7.27. The van der Waals surface area contributed by atoms with Crippen LogP contribution in [0.3, 0.4) is 0 Å². The van der Waals surface area contributed by atoms with Gasteiger partial charge in [-0.15, -0.1) is 0 Å². The molecule has 222 valence electrons. The predicted octanol–water partition coefficient (Wildman–Crippen LogP) is 5.11. The maximum absolute atomic E-state index is 13.2. The first-order valence-corrected chi connectivity index (χ1v) is 15.2. The number of hydrogen-bond donors (Lipinski definition) is 1. The molecule has 2 aliphatic rings. The van der Waals surface area contributed by atoms with Crippen LogP contribution in [-0.4, -0.2) is 60.5 Å². The first-order chi connectivity index (χ1) is 20.4. The van der Waals surface area contributed by atoms with Gasteiger partial charge in [0.1, 0.15) is 18.1 Å². The second-order valence-corrected chi connectivity index (χ2v) is 11.6. The molecule has 0 bridgehead atoms. The molecule has 3 aromatic rings. The van der Waals surface area contributed by atoms with Crippen LogP contribution in [-0.2, 0) is 20.7 Å². The molecular weight excluding hydrogens is 530 g/mol. The van der Waals surface area contributed by atoms with Crippen molar-refractivity contribution in [3.8, 4) is 5.75 Å². The zero-order valence-electron chi connectivity index (χ0n) is 24.6. The van der Waals surface area contributed by atoms with Gasteiger partial charge in [-0.3, -0.25) is 14.4 Å². The SMILES string of the molecule is CCOC(=O)C(CC(=O)N1CC2CCCCC2C1)Cc1ccc(OCCNC(=O)c2nc3ccccc3cc2C)cc1. The molecule has 0 spiro atoms. The van der Waals surface area contributed by atoms with Gasteiger partial charge >= 0.3 is 5.97 Å². The smallest absolute Gasteiger partial charge is 0.309 e. The van der Waals surface area contributed by atoms with E-state index in [1.165, 1.54) is 25.7 Å². The molecule has 0 radical (unpaired) electrons. The van der Waals surface area contributed by atoms with Gasteiger partial charge < -0.3 is 19.7 Å². The van der Waals surface area contributed by atoms with E-state index < -0.39 is 5.92 Å². The minimum absolute atomic E-state index is 0.0542. The van der Waals surface area contributed by atoms with Crippen LogP contribution in [0.5, 0.6) is 5.75 Å². The number of carbonyl (C=O) groups is 3. The van der Waals surface area contributed by atoms with Crippen molar-refractivity contribution in [2.75, 3.05) is 32.8 Å². The van der Waals surface area contributed by atoms with E-state index in [9.17, 15) is 14.4 Å². The number of rotatable bonds is 11. The second kappa shape index (κ2) is 13.8. The normalized spacial score (nSPS) is 18.8. The molecule has 1 aliphatic carbocycles. The molecule has 8 nitrogen and oxygen atoms in total. The molecular formula is C34H41N3O5. The van der Waals surface area contributed by atoms with E-state index in [0.29, 0.717) is 42.9 Å². The molecule has 42 heavy (non-hydrogen) atoms. The van der Waals surface area contributed by atoms with Crippen LogP contribution in [0.1, 0.15) is 60.6 Å². The highest BCUT2D eigenvalue weighted by molar-refractivity contribution is 5.96. The average molecular weight is 572 g/mol. The summed E-state index contributed by atoms with van der Waals surface area (Å²) in [5.41, 5.74) is 2.96. The molecule has 1 saturated heterocycles. The Morgan fingerprint density at radius 1 is 1.02 bits per heavy atom. The lowest BCUT2D eigenvalue weighted by molar-refractivity contribution is -0.151. The van der Waals surface area contributed by atoms with E-state index in [4.69, 9.17) is 9.47 Å². The number of likely N-dealkylation sites (tertiary alicyclic amines) is 1. The number of benzene rings is 2. The third-order valence-corrected chi connectivity index (χ3v) is 8.56. The van der Waals surface area contributed by atoms with Crippen LogP contribution in [0, 0.1) is 24.7 Å². The fourth-order valence-electron chi connectivity index (χ4n) is 6.32. The van der Waals surface area contributed by atoms with Crippen molar-refractivity contribution in [3.63, 3.8) is 0 Å². The predicted molar refractivity (Wildman–Crippen MR) is 161 cm³/mol. The summed E-state index contributed by atoms with van der Waals surface area (Å²) in [5.74, 6) is 0.872. The Morgan fingerprint density at radius 3 is 2.45 bits per heavy atom. The summed E-state index contributed by atoms with van der Waals surface area (Å²) in [7, 11) is 0. The number of aryl methyl sites for hydroxylation is 1. The van der Waals surface area contributed by atoms with Crippen LogP contribution in [0.15, 0.2) is 54.6 Å². The van der Waals surface area contributed by atoms with Gasteiger partial charge in [-0.2, -0.15) is 0 Å². The standard InChI is InChI=1S/C34H41N3O5/c1-3-41-34(40)28(20-31(38)37-21-26-9-4-5-10-27(26)22-37)19-24-12-14-29(15-13-24)42-17-16-35-33(39)32-23(2)18-25-8-6-7-11-30(25)36-32/h6-8,11-15,18,26-28H,3-5,9-10,16-17,19-22H2,1-2H3,(H,35,39). The molecule has 2 heterocycles. The van der Waals surface area contributed by atoms with Crippen molar-refractivity contribution in [2.45, 2.75) is 52.4 Å². The maximum atomic E-state index is 13.2. The number of para-hydroxylation sites is 1. The first-order valence-electron chi connectivity index (χ1n) is 15.2.